The maximum absolute atomic E-state index is 12.9. The van der Waals surface area contributed by atoms with Gasteiger partial charge in [-0.25, -0.2) is 5.48 Å². The van der Waals surface area contributed by atoms with Crippen LogP contribution in [0.1, 0.15) is 54.7 Å². The fraction of sp³-hybridized carbons (Fsp3) is 0.370. The van der Waals surface area contributed by atoms with Gasteiger partial charge in [0.1, 0.15) is 0 Å². The monoisotopic (exact) mass is 478 g/mol. The number of nitrogens with zero attached hydrogens (tertiary/aromatic N) is 1. The van der Waals surface area contributed by atoms with Crippen LogP contribution in [0.15, 0.2) is 48.5 Å². The van der Waals surface area contributed by atoms with Crippen LogP contribution in [-0.2, 0) is 16.1 Å². The molecule has 0 aliphatic rings. The van der Waals surface area contributed by atoms with E-state index in [2.05, 4.69) is 43.2 Å². The molecule has 2 rings (SSSR count). The van der Waals surface area contributed by atoms with Crippen LogP contribution in [-0.4, -0.2) is 54.0 Å². The Kier molecular flexibility index (Phi) is 9.18. The molecule has 0 spiro atoms. The summed E-state index contributed by atoms with van der Waals surface area (Å²) in [5.41, 5.74) is 2.79. The summed E-state index contributed by atoms with van der Waals surface area (Å²) in [6, 6.07) is 14.6. The van der Waals surface area contributed by atoms with Gasteiger partial charge in [0.05, 0.1) is 0 Å². The minimum atomic E-state index is -1.94. The average molecular weight is 479 g/mol. The van der Waals surface area contributed by atoms with Crippen molar-refractivity contribution in [3.05, 3.63) is 70.8 Å². The zero-order valence-electron chi connectivity index (χ0n) is 21.2. The first-order valence-corrected chi connectivity index (χ1v) is 11.3. The summed E-state index contributed by atoms with van der Waals surface area (Å²) in [4.78, 5) is 38.4. The Morgan fingerprint density at radius 1 is 0.886 bits per heavy atom. The molecule has 0 aliphatic carbocycles. The molecule has 0 bridgehead atoms. The number of benzene rings is 2. The number of hydrogen-bond donors (Lipinski definition) is 4. The van der Waals surface area contributed by atoms with Crippen molar-refractivity contribution in [2.24, 2.45) is 5.41 Å². The Hall–Kier alpha value is -3.67. The van der Waals surface area contributed by atoms with Crippen molar-refractivity contribution in [3.63, 3.8) is 0 Å². The summed E-state index contributed by atoms with van der Waals surface area (Å²) in [5.74, 6) is 3.86. The zero-order chi connectivity index (χ0) is 26.2. The second kappa shape index (κ2) is 11.6. The summed E-state index contributed by atoms with van der Waals surface area (Å²) in [6.07, 6.45) is 0. The van der Waals surface area contributed by atoms with Gasteiger partial charge in [-0.1, -0.05) is 44.7 Å². The highest BCUT2D eigenvalue weighted by molar-refractivity contribution is 6.12. The van der Waals surface area contributed by atoms with Crippen molar-refractivity contribution in [3.8, 4) is 11.8 Å². The largest absolute Gasteiger partial charge is 0.357 e. The maximum atomic E-state index is 12.9. The van der Waals surface area contributed by atoms with Gasteiger partial charge in [-0.3, -0.25) is 19.6 Å². The van der Waals surface area contributed by atoms with Gasteiger partial charge in [0.25, 0.3) is 17.7 Å². The fourth-order valence-electron chi connectivity index (χ4n) is 3.28. The maximum Gasteiger partial charge on any atom is 0.278 e. The van der Waals surface area contributed by atoms with Gasteiger partial charge in [0.15, 0.2) is 5.54 Å². The van der Waals surface area contributed by atoms with E-state index < -0.39 is 23.3 Å². The summed E-state index contributed by atoms with van der Waals surface area (Å²) < 4.78 is 0. The van der Waals surface area contributed by atoms with Crippen molar-refractivity contribution in [1.29, 1.82) is 0 Å². The molecular weight excluding hydrogens is 444 g/mol. The molecule has 1 atom stereocenters. The predicted molar refractivity (Wildman–Crippen MR) is 135 cm³/mol. The number of hydroxylamine groups is 1. The molecule has 2 aromatic rings. The molecule has 0 aliphatic heterocycles. The molecule has 0 unspecified atom stereocenters. The molecule has 8 heteroatoms. The van der Waals surface area contributed by atoms with Gasteiger partial charge in [-0.2, -0.15) is 0 Å². The number of likely N-dealkylation sites (N-methyl/N-ethyl adjacent to an activating group) is 2. The Balaban J connectivity index is 2.09. The van der Waals surface area contributed by atoms with E-state index in [4.69, 9.17) is 5.21 Å². The molecule has 0 fully saturated rings. The van der Waals surface area contributed by atoms with Crippen LogP contribution in [0.25, 0.3) is 0 Å². The Morgan fingerprint density at radius 2 is 1.40 bits per heavy atom. The van der Waals surface area contributed by atoms with E-state index in [1.807, 2.05) is 24.3 Å². The second-order valence-corrected chi connectivity index (χ2v) is 9.64. The van der Waals surface area contributed by atoms with Crippen LogP contribution >= 0.6 is 0 Å². The highest BCUT2D eigenvalue weighted by Crippen LogP contribution is 2.18. The fourth-order valence-corrected chi connectivity index (χ4v) is 3.28. The smallest absolute Gasteiger partial charge is 0.278 e. The van der Waals surface area contributed by atoms with Crippen molar-refractivity contribution >= 4 is 17.7 Å². The van der Waals surface area contributed by atoms with Gasteiger partial charge in [0.2, 0.25) is 0 Å². The van der Waals surface area contributed by atoms with Crippen LogP contribution in [0.2, 0.25) is 0 Å². The van der Waals surface area contributed by atoms with E-state index in [9.17, 15) is 14.4 Å². The van der Waals surface area contributed by atoms with Crippen molar-refractivity contribution in [1.82, 2.24) is 21.0 Å². The Labute approximate surface area is 207 Å². The van der Waals surface area contributed by atoms with Gasteiger partial charge in [0, 0.05) is 43.9 Å². The summed E-state index contributed by atoms with van der Waals surface area (Å²) in [6.45, 7) is 9.56. The van der Waals surface area contributed by atoms with E-state index in [-0.39, 0.29) is 11.0 Å². The molecule has 186 valence electrons. The van der Waals surface area contributed by atoms with E-state index in [0.29, 0.717) is 5.56 Å². The normalized spacial score (nSPS) is 12.5. The number of nitrogens with one attached hydrogen (secondary N) is 3. The van der Waals surface area contributed by atoms with Gasteiger partial charge in [-0.15, -0.1) is 0 Å². The highest BCUT2D eigenvalue weighted by Gasteiger charge is 2.47. The van der Waals surface area contributed by atoms with Gasteiger partial charge in [-0.05, 0) is 54.3 Å². The van der Waals surface area contributed by atoms with Crippen molar-refractivity contribution in [2.45, 2.75) is 39.8 Å². The third-order valence-corrected chi connectivity index (χ3v) is 5.61. The first-order valence-electron chi connectivity index (χ1n) is 11.3. The molecule has 3 amide bonds. The molecule has 0 aromatic heterocycles. The standard InChI is InChI=1S/C27H34N4O4/c1-26(2,3)18-29-17-21-11-9-19(10-12-21)7-8-20-13-15-22(16-14-20)23(32)31(6)27(4,24(33)28-5)25(34)30-35/h9-16,29,35H,17-18H2,1-6H3,(H,28,33)(H,30,34)/t27-/m0/s1. The van der Waals surface area contributed by atoms with Crippen molar-refractivity contribution < 1.29 is 19.6 Å². The van der Waals surface area contributed by atoms with Crippen LogP contribution in [0.5, 0.6) is 0 Å². The lowest BCUT2D eigenvalue weighted by molar-refractivity contribution is -0.148. The molecule has 35 heavy (non-hydrogen) atoms. The summed E-state index contributed by atoms with van der Waals surface area (Å²) >= 11 is 0. The predicted octanol–water partition coefficient (Wildman–Crippen LogP) is 2.30. The lowest BCUT2D eigenvalue weighted by Gasteiger charge is -2.34. The SMILES string of the molecule is CNC(=O)[C@@](C)(C(=O)NO)N(C)C(=O)c1ccc(C#Cc2ccc(CNCC(C)(C)C)cc2)cc1. The van der Waals surface area contributed by atoms with Crippen molar-refractivity contribution in [2.75, 3.05) is 20.6 Å². The minimum Gasteiger partial charge on any atom is -0.357 e. The first kappa shape index (κ1) is 27.6. The number of amides is 3. The number of carbonyl (C=O) groups excluding carboxylic acids is 3. The van der Waals surface area contributed by atoms with Gasteiger partial charge < -0.3 is 15.5 Å². The Bertz CT molecular complexity index is 1090. The molecule has 0 radical (unpaired) electrons. The van der Waals surface area contributed by atoms with E-state index in [0.717, 1.165) is 23.6 Å². The van der Waals surface area contributed by atoms with Crippen LogP contribution in [0.4, 0.5) is 0 Å². The molecule has 8 nitrogen and oxygen atoms in total. The minimum absolute atomic E-state index is 0.235. The lowest BCUT2D eigenvalue weighted by atomic mass is 9.96. The molecule has 0 saturated heterocycles. The van der Waals surface area contributed by atoms with Crippen LogP contribution in [0.3, 0.4) is 0 Å². The number of carbonyl (C=O) groups is 3. The van der Waals surface area contributed by atoms with Crippen LogP contribution in [0, 0.1) is 17.3 Å². The van der Waals surface area contributed by atoms with Gasteiger partial charge >= 0.3 is 0 Å². The lowest BCUT2D eigenvalue weighted by Crippen LogP contribution is -2.64. The second-order valence-electron chi connectivity index (χ2n) is 9.64. The Morgan fingerprint density at radius 3 is 1.86 bits per heavy atom. The van der Waals surface area contributed by atoms with E-state index >= 15 is 0 Å². The topological polar surface area (TPSA) is 111 Å². The number of rotatable bonds is 7. The highest BCUT2D eigenvalue weighted by atomic mass is 16.5. The number of hydrogen-bond acceptors (Lipinski definition) is 5. The molecule has 2 aromatic carbocycles. The van der Waals surface area contributed by atoms with Crippen LogP contribution < -0.4 is 16.1 Å². The quantitative estimate of drug-likeness (QED) is 0.211. The molecule has 0 heterocycles. The molecular formula is C27H34N4O4. The average Bonchev–Trinajstić information content (AvgIpc) is 2.85. The third-order valence-electron chi connectivity index (χ3n) is 5.61. The summed E-state index contributed by atoms with van der Waals surface area (Å²) in [5, 5.41) is 14.8. The van der Waals surface area contributed by atoms with E-state index in [1.54, 1.807) is 24.3 Å². The third kappa shape index (κ3) is 7.15. The zero-order valence-corrected chi connectivity index (χ0v) is 21.2. The summed E-state index contributed by atoms with van der Waals surface area (Å²) in [7, 11) is 2.66. The van der Waals surface area contributed by atoms with E-state index in [1.165, 1.54) is 32.1 Å². The molecule has 0 saturated carbocycles. The first-order chi connectivity index (χ1) is 16.4. The molecule has 4 N–H and O–H groups in total.